The molecule has 0 bridgehead atoms. The Hall–Kier alpha value is -1.06. The molecule has 1 atom stereocenters. The molecular formula is C16H24N2O. The van der Waals surface area contributed by atoms with Crippen LogP contribution in [0, 0.1) is 5.92 Å². The summed E-state index contributed by atoms with van der Waals surface area (Å²) in [4.78, 5) is 2.66. The molecule has 0 aromatic heterocycles. The third kappa shape index (κ3) is 3.10. The highest BCUT2D eigenvalue weighted by molar-refractivity contribution is 5.30. The van der Waals surface area contributed by atoms with Crippen LogP contribution in [0.15, 0.2) is 24.3 Å². The number of piperazine rings is 1. The molecule has 1 aromatic carbocycles. The van der Waals surface area contributed by atoms with Gasteiger partial charge in [-0.25, -0.2) is 0 Å². The molecule has 0 spiro atoms. The normalized spacial score (nSPS) is 22.2. The van der Waals surface area contributed by atoms with Crippen molar-refractivity contribution in [3.63, 3.8) is 0 Å². The van der Waals surface area contributed by atoms with Crippen molar-refractivity contribution >= 4 is 0 Å². The van der Waals surface area contributed by atoms with Crippen LogP contribution in [0.2, 0.25) is 0 Å². The highest BCUT2D eigenvalue weighted by Gasteiger charge is 2.36. The first kappa shape index (κ1) is 12.9. The Kier molecular flexibility index (Phi) is 4.04. The topological polar surface area (TPSA) is 24.5 Å². The number of hydrogen-bond donors (Lipinski definition) is 1. The monoisotopic (exact) mass is 260 g/mol. The number of ether oxygens (including phenoxy) is 1. The summed E-state index contributed by atoms with van der Waals surface area (Å²) >= 11 is 0. The fourth-order valence-corrected chi connectivity index (χ4v) is 3.08. The molecule has 1 heterocycles. The Bertz CT molecular complexity index is 394. The molecule has 1 saturated carbocycles. The smallest absolute Gasteiger partial charge is 0.119 e. The van der Waals surface area contributed by atoms with Crippen LogP contribution in [0.5, 0.6) is 5.75 Å². The number of nitrogens with zero attached hydrogens (tertiary/aromatic N) is 1. The van der Waals surface area contributed by atoms with Crippen LogP contribution < -0.4 is 10.1 Å². The summed E-state index contributed by atoms with van der Waals surface area (Å²) in [6.07, 6.45) is 2.78. The van der Waals surface area contributed by atoms with Gasteiger partial charge in [0.15, 0.2) is 0 Å². The maximum Gasteiger partial charge on any atom is 0.119 e. The molecule has 3 heteroatoms. The largest absolute Gasteiger partial charge is 0.494 e. The van der Waals surface area contributed by atoms with Crippen molar-refractivity contribution in [2.45, 2.75) is 25.8 Å². The van der Waals surface area contributed by atoms with Gasteiger partial charge in [-0.05, 0) is 43.4 Å². The van der Waals surface area contributed by atoms with Crippen LogP contribution in [0.25, 0.3) is 0 Å². The van der Waals surface area contributed by atoms with Crippen molar-refractivity contribution in [3.05, 3.63) is 29.8 Å². The van der Waals surface area contributed by atoms with Gasteiger partial charge in [0.1, 0.15) is 5.75 Å². The van der Waals surface area contributed by atoms with E-state index in [9.17, 15) is 0 Å². The Morgan fingerprint density at radius 1 is 1.21 bits per heavy atom. The predicted molar refractivity (Wildman–Crippen MR) is 77.5 cm³/mol. The van der Waals surface area contributed by atoms with Crippen molar-refractivity contribution < 1.29 is 4.74 Å². The van der Waals surface area contributed by atoms with E-state index in [1.807, 2.05) is 6.92 Å². The molecule has 0 unspecified atom stereocenters. The number of benzene rings is 1. The molecule has 1 aliphatic heterocycles. The lowest BCUT2D eigenvalue weighted by Gasteiger charge is -2.35. The lowest BCUT2D eigenvalue weighted by Crippen LogP contribution is -2.45. The van der Waals surface area contributed by atoms with Crippen LogP contribution in [0.4, 0.5) is 0 Å². The van der Waals surface area contributed by atoms with E-state index in [1.54, 1.807) is 0 Å². The summed E-state index contributed by atoms with van der Waals surface area (Å²) in [5.41, 5.74) is 1.47. The quantitative estimate of drug-likeness (QED) is 0.880. The fraction of sp³-hybridized carbons (Fsp3) is 0.625. The molecule has 3 rings (SSSR count). The van der Waals surface area contributed by atoms with Crippen molar-refractivity contribution in [2.75, 3.05) is 32.8 Å². The minimum atomic E-state index is 0.623. The molecule has 2 fully saturated rings. The molecule has 1 aliphatic carbocycles. The molecule has 1 saturated heterocycles. The highest BCUT2D eigenvalue weighted by Crippen LogP contribution is 2.44. The maximum atomic E-state index is 5.54. The lowest BCUT2D eigenvalue weighted by atomic mass is 9.99. The van der Waals surface area contributed by atoms with Gasteiger partial charge in [0, 0.05) is 32.2 Å². The Morgan fingerprint density at radius 3 is 2.47 bits per heavy atom. The van der Waals surface area contributed by atoms with Crippen LogP contribution in [-0.2, 0) is 0 Å². The molecule has 104 valence electrons. The van der Waals surface area contributed by atoms with Gasteiger partial charge < -0.3 is 10.1 Å². The van der Waals surface area contributed by atoms with E-state index in [0.717, 1.165) is 31.4 Å². The van der Waals surface area contributed by atoms with Gasteiger partial charge in [-0.1, -0.05) is 12.1 Å². The maximum absolute atomic E-state index is 5.54. The summed E-state index contributed by atoms with van der Waals surface area (Å²) in [5, 5.41) is 3.44. The van der Waals surface area contributed by atoms with E-state index in [1.165, 1.54) is 31.5 Å². The average molecular weight is 260 g/mol. The number of nitrogens with one attached hydrogen (secondary N) is 1. The van der Waals surface area contributed by atoms with Gasteiger partial charge in [-0.3, -0.25) is 4.90 Å². The molecule has 19 heavy (non-hydrogen) atoms. The number of rotatable bonds is 5. The first-order valence-electron chi connectivity index (χ1n) is 7.56. The molecule has 0 radical (unpaired) electrons. The first-order valence-corrected chi connectivity index (χ1v) is 7.56. The number of hydrogen-bond acceptors (Lipinski definition) is 3. The van der Waals surface area contributed by atoms with Gasteiger partial charge in [-0.2, -0.15) is 0 Å². The zero-order valence-electron chi connectivity index (χ0n) is 11.8. The van der Waals surface area contributed by atoms with Gasteiger partial charge in [0.25, 0.3) is 0 Å². The van der Waals surface area contributed by atoms with Crippen molar-refractivity contribution in [3.8, 4) is 5.75 Å². The van der Waals surface area contributed by atoms with E-state index >= 15 is 0 Å². The van der Waals surface area contributed by atoms with Crippen molar-refractivity contribution in [1.82, 2.24) is 10.2 Å². The third-order valence-corrected chi connectivity index (χ3v) is 4.15. The van der Waals surface area contributed by atoms with Gasteiger partial charge >= 0.3 is 0 Å². The van der Waals surface area contributed by atoms with Gasteiger partial charge in [0.2, 0.25) is 0 Å². The highest BCUT2D eigenvalue weighted by atomic mass is 16.5. The fourth-order valence-electron chi connectivity index (χ4n) is 3.08. The van der Waals surface area contributed by atoms with E-state index in [-0.39, 0.29) is 0 Å². The summed E-state index contributed by atoms with van der Waals surface area (Å²) < 4.78 is 5.54. The minimum Gasteiger partial charge on any atom is -0.494 e. The predicted octanol–water partition coefficient (Wildman–Crippen LogP) is 2.44. The second-order valence-electron chi connectivity index (χ2n) is 5.57. The molecule has 3 nitrogen and oxygen atoms in total. The molecule has 0 amide bonds. The Labute approximate surface area is 115 Å². The van der Waals surface area contributed by atoms with Crippen molar-refractivity contribution in [1.29, 1.82) is 0 Å². The molecule has 1 aromatic rings. The molecular weight excluding hydrogens is 236 g/mol. The molecule has 1 N–H and O–H groups in total. The zero-order chi connectivity index (χ0) is 13.1. The summed E-state index contributed by atoms with van der Waals surface area (Å²) in [6, 6.07) is 9.39. The third-order valence-electron chi connectivity index (χ3n) is 4.15. The van der Waals surface area contributed by atoms with Gasteiger partial charge in [0.05, 0.1) is 6.61 Å². The van der Waals surface area contributed by atoms with Crippen molar-refractivity contribution in [2.24, 2.45) is 5.92 Å². The van der Waals surface area contributed by atoms with Crippen LogP contribution in [-0.4, -0.2) is 37.7 Å². The van der Waals surface area contributed by atoms with Crippen LogP contribution in [0.3, 0.4) is 0 Å². The minimum absolute atomic E-state index is 0.623. The Balaban J connectivity index is 1.75. The van der Waals surface area contributed by atoms with E-state index in [2.05, 4.69) is 34.5 Å². The standard InChI is InChI=1S/C16H24N2O/c1-2-19-15-7-5-14(6-8-15)16(13-3-4-13)18-11-9-17-10-12-18/h5-8,13,16-17H,2-4,9-12H2,1H3/t16-/m0/s1. The Morgan fingerprint density at radius 2 is 1.89 bits per heavy atom. The second kappa shape index (κ2) is 5.93. The van der Waals surface area contributed by atoms with E-state index in [0.29, 0.717) is 6.04 Å². The summed E-state index contributed by atoms with van der Waals surface area (Å²) in [7, 11) is 0. The lowest BCUT2D eigenvalue weighted by molar-refractivity contribution is 0.156. The first-order chi connectivity index (χ1) is 9.38. The summed E-state index contributed by atoms with van der Waals surface area (Å²) in [5.74, 6) is 1.86. The second-order valence-corrected chi connectivity index (χ2v) is 5.57. The SMILES string of the molecule is CCOc1ccc([C@H](C2CC2)N2CCNCC2)cc1. The average Bonchev–Trinajstić information content (AvgIpc) is 3.27. The van der Waals surface area contributed by atoms with Crippen LogP contribution in [0.1, 0.15) is 31.4 Å². The summed E-state index contributed by atoms with van der Waals surface area (Å²) in [6.45, 7) is 7.37. The van der Waals surface area contributed by atoms with Crippen LogP contribution >= 0.6 is 0 Å². The molecule has 2 aliphatic rings. The zero-order valence-corrected chi connectivity index (χ0v) is 11.8. The van der Waals surface area contributed by atoms with E-state index in [4.69, 9.17) is 4.74 Å². The van der Waals surface area contributed by atoms with E-state index < -0.39 is 0 Å². The van der Waals surface area contributed by atoms with Gasteiger partial charge in [-0.15, -0.1) is 0 Å².